The maximum Gasteiger partial charge on any atom is 0.314 e. The summed E-state index contributed by atoms with van der Waals surface area (Å²) >= 11 is 0. The first-order valence-electron chi connectivity index (χ1n) is 42.6. The normalized spacial score (nSPS) is 22.8. The molecule has 0 saturated heterocycles. The van der Waals surface area contributed by atoms with E-state index in [1.165, 1.54) is 0 Å². The van der Waals surface area contributed by atoms with Gasteiger partial charge in [0.15, 0.2) is 0 Å². The quantitative estimate of drug-likeness (QED) is 0.0313. The molecule has 18 heteroatoms. The van der Waals surface area contributed by atoms with Crippen LogP contribution < -0.4 is 56.8 Å². The molecule has 0 amide bonds. The molecule has 0 aromatic heterocycles. The summed E-state index contributed by atoms with van der Waals surface area (Å²) in [6.07, 6.45) is 27.2. The second kappa shape index (κ2) is 51.0. The minimum Gasteiger partial charge on any atom is -0.497 e. The third-order valence-electron chi connectivity index (χ3n) is 22.5. The molecule has 6 aliphatic carbocycles. The van der Waals surface area contributed by atoms with Crippen molar-refractivity contribution in [2.24, 2.45) is 71.0 Å². The predicted molar refractivity (Wildman–Crippen MR) is 446 cm³/mol. The Bertz CT molecular complexity index is 3410. The summed E-state index contributed by atoms with van der Waals surface area (Å²) in [5.74, 6) is 12.8. The Hall–Kier alpha value is -9.06. The molecular formula is C96H132O18. The van der Waals surface area contributed by atoms with Crippen molar-refractivity contribution in [3.63, 3.8) is 0 Å². The Kier molecular flexibility index (Phi) is 41.2. The van der Waals surface area contributed by atoms with Gasteiger partial charge in [-0.3, -0.25) is 28.8 Å². The fraction of sp³-hybridized carbons (Fsp3) is 0.562. The number of methoxy groups -OCH3 is 2. The van der Waals surface area contributed by atoms with Crippen LogP contribution in [-0.2, 0) is 28.8 Å². The van der Waals surface area contributed by atoms with Crippen molar-refractivity contribution in [3.8, 4) is 69.0 Å². The highest BCUT2D eigenvalue weighted by molar-refractivity contribution is 5.78. The lowest BCUT2D eigenvalue weighted by Crippen LogP contribution is -2.24. The molecule has 0 spiro atoms. The highest BCUT2D eigenvalue weighted by Crippen LogP contribution is 2.37. The van der Waals surface area contributed by atoms with E-state index in [1.54, 1.807) is 99.1 Å². The molecule has 6 aliphatic rings. The summed E-state index contributed by atoms with van der Waals surface area (Å²) in [6, 6.07) is 43.3. The van der Waals surface area contributed by atoms with Crippen molar-refractivity contribution < 1.29 is 85.6 Å². The maximum atomic E-state index is 12.1. The third kappa shape index (κ3) is 34.2. The van der Waals surface area contributed by atoms with E-state index in [1.807, 2.05) is 81.4 Å². The number of carbonyl (C=O) groups excluding carboxylic acids is 6. The Morgan fingerprint density at radius 3 is 0.526 bits per heavy atom. The highest BCUT2D eigenvalue weighted by atomic mass is 16.6. The number of rotatable bonds is 24. The van der Waals surface area contributed by atoms with E-state index in [-0.39, 0.29) is 71.3 Å². The SMILES string of the molecule is CCCCOc1ccc(OC(=O)C2CCC(C)CC2)cc1.CCOc1ccc(OC(=O)C2CCC(C)CC2)cc1.CCOc1ccc(OC(=O)C2CCC(C)CC2)cc1.CCOc1ccc(OC(=O)C2CCC(C)CC2)cc1.COc1ccc(OC(=O)C2CCC(C)CC2)cc1.COc1ccc(OC(=O)C2CCC(C)CC2)cc1. The minimum atomic E-state index is -0.0907. The first-order valence-corrected chi connectivity index (χ1v) is 42.6. The molecule has 624 valence electrons. The van der Waals surface area contributed by atoms with Crippen LogP contribution >= 0.6 is 0 Å². The van der Waals surface area contributed by atoms with Gasteiger partial charge in [-0.15, -0.1) is 0 Å². The van der Waals surface area contributed by atoms with Gasteiger partial charge in [0.05, 0.1) is 76.2 Å². The van der Waals surface area contributed by atoms with Gasteiger partial charge in [0, 0.05) is 0 Å². The first kappa shape index (κ1) is 92.1. The molecule has 12 rings (SSSR count). The smallest absolute Gasteiger partial charge is 0.314 e. The Morgan fingerprint density at radius 2 is 0.377 bits per heavy atom. The van der Waals surface area contributed by atoms with E-state index in [0.717, 1.165) is 244 Å². The van der Waals surface area contributed by atoms with Crippen LogP contribution in [0.1, 0.15) is 236 Å². The van der Waals surface area contributed by atoms with Gasteiger partial charge < -0.3 is 56.8 Å². The number of benzene rings is 6. The number of ether oxygens (including phenoxy) is 12. The van der Waals surface area contributed by atoms with E-state index in [9.17, 15) is 28.8 Å². The largest absolute Gasteiger partial charge is 0.497 e. The van der Waals surface area contributed by atoms with Crippen molar-refractivity contribution in [2.75, 3.05) is 40.6 Å². The van der Waals surface area contributed by atoms with Crippen molar-refractivity contribution in [3.05, 3.63) is 146 Å². The van der Waals surface area contributed by atoms with Crippen LogP contribution in [0.25, 0.3) is 0 Å². The molecule has 0 atom stereocenters. The average Bonchev–Trinajstić information content (AvgIpc) is 0.890. The van der Waals surface area contributed by atoms with Gasteiger partial charge >= 0.3 is 35.8 Å². The zero-order valence-electron chi connectivity index (χ0n) is 70.3. The van der Waals surface area contributed by atoms with Gasteiger partial charge in [-0.1, -0.05) is 54.9 Å². The molecule has 0 unspecified atom stereocenters. The molecule has 0 radical (unpaired) electrons. The first-order chi connectivity index (χ1) is 55.1. The molecule has 0 heterocycles. The lowest BCUT2D eigenvalue weighted by molar-refractivity contribution is -0.141. The molecule has 6 aromatic rings. The van der Waals surface area contributed by atoms with E-state index in [2.05, 4.69) is 48.5 Å². The van der Waals surface area contributed by atoms with Gasteiger partial charge in [-0.05, 0) is 362 Å². The summed E-state index contributed by atoms with van der Waals surface area (Å²) in [4.78, 5) is 72.2. The van der Waals surface area contributed by atoms with E-state index < -0.39 is 0 Å². The topological polar surface area (TPSA) is 213 Å². The number of unbranched alkanes of at least 4 members (excludes halogenated alkanes) is 1. The van der Waals surface area contributed by atoms with Crippen LogP contribution in [0.5, 0.6) is 69.0 Å². The van der Waals surface area contributed by atoms with Gasteiger partial charge in [-0.2, -0.15) is 0 Å². The van der Waals surface area contributed by atoms with Crippen molar-refractivity contribution >= 4 is 35.8 Å². The number of hydrogen-bond acceptors (Lipinski definition) is 18. The molecule has 0 aliphatic heterocycles. The summed E-state index contributed by atoms with van der Waals surface area (Å²) < 4.78 is 64.3. The van der Waals surface area contributed by atoms with Crippen LogP contribution in [0.4, 0.5) is 0 Å². The van der Waals surface area contributed by atoms with Crippen LogP contribution in [0.2, 0.25) is 0 Å². The van der Waals surface area contributed by atoms with Crippen molar-refractivity contribution in [1.29, 1.82) is 0 Å². The van der Waals surface area contributed by atoms with Crippen LogP contribution in [0.3, 0.4) is 0 Å². The molecule has 6 aromatic carbocycles. The Morgan fingerprint density at radius 1 is 0.228 bits per heavy atom. The maximum absolute atomic E-state index is 12.1. The van der Waals surface area contributed by atoms with Gasteiger partial charge in [0.2, 0.25) is 0 Å². The average molecular weight is 1570 g/mol. The van der Waals surface area contributed by atoms with Gasteiger partial charge in [0.25, 0.3) is 0 Å². The fourth-order valence-electron chi connectivity index (χ4n) is 14.7. The fourth-order valence-corrected chi connectivity index (χ4v) is 14.7. The Labute approximate surface area is 680 Å². The van der Waals surface area contributed by atoms with Crippen molar-refractivity contribution in [2.45, 2.75) is 236 Å². The number of esters is 6. The van der Waals surface area contributed by atoms with Crippen LogP contribution in [-0.4, -0.2) is 76.5 Å². The second-order valence-electron chi connectivity index (χ2n) is 32.0. The molecule has 6 fully saturated rings. The predicted octanol–water partition coefficient (Wildman–Crippen LogP) is 22.9. The molecule has 0 bridgehead atoms. The molecule has 114 heavy (non-hydrogen) atoms. The van der Waals surface area contributed by atoms with E-state index >= 15 is 0 Å². The molecule has 18 nitrogen and oxygen atoms in total. The van der Waals surface area contributed by atoms with E-state index in [4.69, 9.17) is 56.8 Å². The summed E-state index contributed by atoms with van der Waals surface area (Å²) in [5, 5.41) is 0. The zero-order valence-corrected chi connectivity index (χ0v) is 70.3. The summed E-state index contributed by atoms with van der Waals surface area (Å²) in [5.41, 5.74) is 0. The monoisotopic (exact) mass is 1570 g/mol. The molecular weight excluding hydrogens is 1440 g/mol. The van der Waals surface area contributed by atoms with Crippen LogP contribution in [0.15, 0.2) is 146 Å². The number of carbonyl (C=O) groups is 6. The third-order valence-corrected chi connectivity index (χ3v) is 22.5. The zero-order chi connectivity index (χ0) is 82.0. The lowest BCUT2D eigenvalue weighted by atomic mass is 9.83. The van der Waals surface area contributed by atoms with Gasteiger partial charge in [-0.25, -0.2) is 0 Å². The van der Waals surface area contributed by atoms with E-state index in [0.29, 0.717) is 54.3 Å². The second-order valence-corrected chi connectivity index (χ2v) is 32.0. The highest BCUT2D eigenvalue weighted by Gasteiger charge is 2.32. The Balaban J connectivity index is 0.000000190. The van der Waals surface area contributed by atoms with Crippen molar-refractivity contribution in [1.82, 2.24) is 0 Å². The minimum absolute atomic E-state index is 0.0710. The number of hydrogen-bond donors (Lipinski definition) is 0. The summed E-state index contributed by atoms with van der Waals surface area (Å²) in [6.45, 7) is 24.1. The molecule has 0 N–H and O–H groups in total. The standard InChI is InChI=1S/C18H26O3.3C16H22O3.2C15H20O3/c1-3-4-13-20-16-9-11-17(12-10-16)21-18(19)15-7-5-14(2)6-8-15;3*1-3-18-14-8-10-15(11-9-14)19-16(17)13-6-4-12(2)5-7-13;2*1-11-3-5-12(6-4-11)15(16)18-14-9-7-13(17-2)8-10-14/h9-12,14-15H,3-8,13H2,1-2H3;3*8-13H,3-7H2,1-2H3;2*7-12H,3-6H2,1-2H3. The molecule has 6 saturated carbocycles. The summed E-state index contributed by atoms with van der Waals surface area (Å²) in [7, 11) is 3.23. The van der Waals surface area contributed by atoms with Crippen LogP contribution in [0, 0.1) is 71.0 Å². The lowest BCUT2D eigenvalue weighted by Gasteiger charge is -2.24. The van der Waals surface area contributed by atoms with Gasteiger partial charge in [0.1, 0.15) is 69.0 Å².